The predicted octanol–water partition coefficient (Wildman–Crippen LogP) is 2.70. The van der Waals surface area contributed by atoms with E-state index in [1.807, 2.05) is 0 Å². The third kappa shape index (κ3) is 2.80. The lowest BCUT2D eigenvalue weighted by Crippen LogP contribution is -1.99. The van der Waals surface area contributed by atoms with E-state index < -0.39 is 6.10 Å². The number of hydrogen-bond donors (Lipinski definition) is 2. The van der Waals surface area contributed by atoms with E-state index in [2.05, 4.69) is 12.6 Å². The number of halogens is 1. The van der Waals surface area contributed by atoms with Gasteiger partial charge in [0.2, 0.25) is 0 Å². The Labute approximate surface area is 94.3 Å². The molecule has 0 saturated heterocycles. The van der Waals surface area contributed by atoms with E-state index in [4.69, 9.17) is 16.3 Å². The van der Waals surface area contributed by atoms with E-state index in [-0.39, 0.29) is 0 Å². The van der Waals surface area contributed by atoms with Crippen LogP contribution >= 0.6 is 24.2 Å². The lowest BCUT2D eigenvalue weighted by Gasteiger charge is -2.12. The minimum Gasteiger partial charge on any atom is -0.497 e. The third-order valence-corrected chi connectivity index (χ3v) is 2.55. The highest BCUT2D eigenvalue weighted by Crippen LogP contribution is 2.28. The molecule has 1 rings (SSSR count). The number of benzene rings is 1. The molecule has 0 aromatic heterocycles. The monoisotopic (exact) mass is 232 g/mol. The van der Waals surface area contributed by atoms with Crippen molar-refractivity contribution in [2.75, 3.05) is 12.9 Å². The first kappa shape index (κ1) is 11.7. The number of aliphatic hydroxyl groups excluding tert-OH is 1. The maximum absolute atomic E-state index is 9.69. The van der Waals surface area contributed by atoms with E-state index in [0.717, 1.165) is 5.56 Å². The standard InChI is InChI=1S/C10H13ClO2S/c1-13-7-2-3-8(9(11)6-7)10(12)4-5-14/h2-3,6,10,12,14H,4-5H2,1H3. The Hall–Kier alpha value is -0.380. The predicted molar refractivity (Wildman–Crippen MR) is 61.4 cm³/mol. The molecule has 0 spiro atoms. The van der Waals surface area contributed by atoms with Gasteiger partial charge in [0.25, 0.3) is 0 Å². The van der Waals surface area contributed by atoms with Crippen LogP contribution in [0.3, 0.4) is 0 Å². The molecule has 1 aromatic rings. The number of hydrogen-bond acceptors (Lipinski definition) is 3. The summed E-state index contributed by atoms with van der Waals surface area (Å²) in [4.78, 5) is 0. The molecule has 0 radical (unpaired) electrons. The molecule has 0 heterocycles. The molecule has 0 bridgehead atoms. The molecule has 1 N–H and O–H groups in total. The second kappa shape index (κ2) is 5.49. The smallest absolute Gasteiger partial charge is 0.120 e. The second-order valence-electron chi connectivity index (χ2n) is 2.92. The van der Waals surface area contributed by atoms with Crippen LogP contribution in [0.25, 0.3) is 0 Å². The van der Waals surface area contributed by atoms with Gasteiger partial charge in [0, 0.05) is 0 Å². The van der Waals surface area contributed by atoms with Crippen LogP contribution in [0, 0.1) is 0 Å². The molecular weight excluding hydrogens is 220 g/mol. The number of aliphatic hydroxyl groups is 1. The van der Waals surface area contributed by atoms with E-state index in [9.17, 15) is 5.11 Å². The van der Waals surface area contributed by atoms with Crippen LogP contribution in [0.2, 0.25) is 5.02 Å². The first-order valence-electron chi connectivity index (χ1n) is 4.31. The molecule has 14 heavy (non-hydrogen) atoms. The summed E-state index contributed by atoms with van der Waals surface area (Å²) in [6.07, 6.45) is 0.0423. The molecule has 1 atom stereocenters. The van der Waals surface area contributed by atoms with Crippen molar-refractivity contribution < 1.29 is 9.84 Å². The summed E-state index contributed by atoms with van der Waals surface area (Å²) in [5, 5.41) is 10.2. The van der Waals surface area contributed by atoms with E-state index in [1.54, 1.807) is 25.3 Å². The van der Waals surface area contributed by atoms with Gasteiger partial charge in [0.1, 0.15) is 5.75 Å². The molecule has 1 aromatic carbocycles. The van der Waals surface area contributed by atoms with Gasteiger partial charge in [0.15, 0.2) is 0 Å². The highest BCUT2D eigenvalue weighted by Gasteiger charge is 2.11. The van der Waals surface area contributed by atoms with Gasteiger partial charge < -0.3 is 9.84 Å². The highest BCUT2D eigenvalue weighted by molar-refractivity contribution is 7.80. The maximum atomic E-state index is 9.69. The number of rotatable bonds is 4. The summed E-state index contributed by atoms with van der Waals surface area (Å²) in [6, 6.07) is 5.25. The van der Waals surface area contributed by atoms with Crippen LogP contribution in [0.4, 0.5) is 0 Å². The second-order valence-corrected chi connectivity index (χ2v) is 3.77. The molecule has 0 aliphatic heterocycles. The summed E-state index contributed by atoms with van der Waals surface area (Å²) in [5.41, 5.74) is 0.724. The number of methoxy groups -OCH3 is 1. The molecule has 0 aliphatic carbocycles. The first-order valence-corrected chi connectivity index (χ1v) is 5.32. The van der Waals surface area contributed by atoms with E-state index >= 15 is 0 Å². The summed E-state index contributed by atoms with van der Waals surface area (Å²) in [7, 11) is 1.58. The zero-order valence-corrected chi connectivity index (χ0v) is 9.55. The van der Waals surface area contributed by atoms with Gasteiger partial charge in [0.05, 0.1) is 18.2 Å². The Balaban J connectivity index is 2.88. The molecule has 1 unspecified atom stereocenters. The minimum atomic E-state index is -0.550. The van der Waals surface area contributed by atoms with Gasteiger partial charge in [-0.15, -0.1) is 0 Å². The molecule has 0 aliphatic rings. The summed E-state index contributed by atoms with van der Waals surface area (Å²) in [6.45, 7) is 0. The number of thiol groups is 1. The highest BCUT2D eigenvalue weighted by atomic mass is 35.5. The largest absolute Gasteiger partial charge is 0.497 e. The van der Waals surface area contributed by atoms with Crippen molar-refractivity contribution in [1.82, 2.24) is 0 Å². The van der Waals surface area contributed by atoms with Crippen molar-refractivity contribution in [2.24, 2.45) is 0 Å². The molecule has 2 nitrogen and oxygen atoms in total. The van der Waals surface area contributed by atoms with Crippen molar-refractivity contribution in [1.29, 1.82) is 0 Å². The SMILES string of the molecule is COc1ccc(C(O)CCS)c(Cl)c1. The Kier molecular flexibility index (Phi) is 4.58. The van der Waals surface area contributed by atoms with Gasteiger partial charge in [-0.2, -0.15) is 12.6 Å². The van der Waals surface area contributed by atoms with Crippen molar-refractivity contribution in [3.63, 3.8) is 0 Å². The molecule has 0 amide bonds. The Morgan fingerprint density at radius 2 is 2.29 bits per heavy atom. The lowest BCUT2D eigenvalue weighted by atomic mass is 10.1. The molecule has 0 saturated carbocycles. The topological polar surface area (TPSA) is 29.5 Å². The van der Waals surface area contributed by atoms with Crippen LogP contribution < -0.4 is 4.74 Å². The van der Waals surface area contributed by atoms with Crippen molar-refractivity contribution in [2.45, 2.75) is 12.5 Å². The molecule has 78 valence electrons. The average Bonchev–Trinajstić information content (AvgIpc) is 2.17. The van der Waals surface area contributed by atoms with Gasteiger partial charge in [-0.1, -0.05) is 17.7 Å². The normalized spacial score (nSPS) is 12.6. The number of ether oxygens (including phenoxy) is 1. The quantitative estimate of drug-likeness (QED) is 0.782. The Morgan fingerprint density at radius 3 is 2.79 bits per heavy atom. The summed E-state index contributed by atoms with van der Waals surface area (Å²) in [5.74, 6) is 1.32. The van der Waals surface area contributed by atoms with E-state index in [0.29, 0.717) is 22.9 Å². The molecule has 4 heteroatoms. The van der Waals surface area contributed by atoms with Crippen LogP contribution in [0.15, 0.2) is 18.2 Å². The van der Waals surface area contributed by atoms with Gasteiger partial charge in [-0.25, -0.2) is 0 Å². The van der Waals surface area contributed by atoms with Crippen molar-refractivity contribution >= 4 is 24.2 Å². The van der Waals surface area contributed by atoms with Crippen LogP contribution in [-0.2, 0) is 0 Å². The fourth-order valence-electron chi connectivity index (χ4n) is 1.18. The van der Waals surface area contributed by atoms with Crippen LogP contribution in [-0.4, -0.2) is 18.0 Å². The zero-order valence-electron chi connectivity index (χ0n) is 7.90. The van der Waals surface area contributed by atoms with Crippen molar-refractivity contribution in [3.05, 3.63) is 28.8 Å². The van der Waals surface area contributed by atoms with Crippen LogP contribution in [0.5, 0.6) is 5.75 Å². The van der Waals surface area contributed by atoms with Gasteiger partial charge >= 0.3 is 0 Å². The molecule has 0 fully saturated rings. The first-order chi connectivity index (χ1) is 6.69. The lowest BCUT2D eigenvalue weighted by molar-refractivity contribution is 0.175. The Morgan fingerprint density at radius 1 is 1.57 bits per heavy atom. The Bertz CT molecular complexity index is 304. The zero-order chi connectivity index (χ0) is 10.6. The van der Waals surface area contributed by atoms with E-state index in [1.165, 1.54) is 0 Å². The maximum Gasteiger partial charge on any atom is 0.120 e. The van der Waals surface area contributed by atoms with Crippen molar-refractivity contribution in [3.8, 4) is 5.75 Å². The third-order valence-electron chi connectivity index (χ3n) is 1.97. The fraction of sp³-hybridized carbons (Fsp3) is 0.400. The summed E-state index contributed by atoms with van der Waals surface area (Å²) >= 11 is 10.0. The van der Waals surface area contributed by atoms with Gasteiger partial charge in [-0.05, 0) is 29.9 Å². The van der Waals surface area contributed by atoms with Crippen LogP contribution in [0.1, 0.15) is 18.1 Å². The minimum absolute atomic E-state index is 0.527. The molecular formula is C10H13ClO2S. The summed E-state index contributed by atoms with van der Waals surface area (Å²) < 4.78 is 5.01. The average molecular weight is 233 g/mol. The fourth-order valence-corrected chi connectivity index (χ4v) is 1.72. The van der Waals surface area contributed by atoms with Gasteiger partial charge in [-0.3, -0.25) is 0 Å².